The maximum atomic E-state index is 12.8. The molecule has 0 aliphatic rings. The molecule has 4 rings (SSSR count). The summed E-state index contributed by atoms with van der Waals surface area (Å²) in [4.78, 5) is 61.7. The van der Waals surface area contributed by atoms with E-state index in [0.29, 0.717) is 22.3 Å². The van der Waals surface area contributed by atoms with Crippen molar-refractivity contribution in [3.63, 3.8) is 0 Å². The molecule has 0 amide bonds. The third kappa shape index (κ3) is 13.6. The summed E-state index contributed by atoms with van der Waals surface area (Å²) >= 11 is 0. The fourth-order valence-electron chi connectivity index (χ4n) is 4.71. The van der Waals surface area contributed by atoms with Gasteiger partial charge in [-0.15, -0.1) is 0 Å². The lowest BCUT2D eigenvalue weighted by Gasteiger charge is -2.31. The fraction of sp³-hybridized carbons (Fsp3) is 0.293. The molecule has 10 heteroatoms. The molecule has 10 nitrogen and oxygen atoms in total. The van der Waals surface area contributed by atoms with Gasteiger partial charge in [0.15, 0.2) is 0 Å². The molecular weight excluding hydrogens is 652 g/mol. The third-order valence-electron chi connectivity index (χ3n) is 7.82. The van der Waals surface area contributed by atoms with Crippen LogP contribution in [-0.4, -0.2) is 61.4 Å². The van der Waals surface area contributed by atoms with Gasteiger partial charge in [-0.2, -0.15) is 0 Å². The van der Waals surface area contributed by atoms with Crippen molar-refractivity contribution in [3.8, 4) is 0 Å². The summed E-state index contributed by atoms with van der Waals surface area (Å²) in [6.45, 7) is 2.47. The maximum absolute atomic E-state index is 12.8. The van der Waals surface area contributed by atoms with Gasteiger partial charge in [-0.25, -0.2) is 19.2 Å². The van der Waals surface area contributed by atoms with Crippen LogP contribution < -0.4 is 0 Å². The minimum absolute atomic E-state index is 0.111. The molecule has 0 saturated carbocycles. The Morgan fingerprint density at radius 3 is 1.00 bits per heavy atom. The predicted molar refractivity (Wildman–Crippen MR) is 190 cm³/mol. The number of unbranched alkanes of at least 4 members (excludes halogenated alkanes) is 1. The molecule has 1 unspecified atom stereocenters. The molecule has 4 aromatic rings. The van der Waals surface area contributed by atoms with Gasteiger partial charge in [-0.3, -0.25) is 4.79 Å². The van der Waals surface area contributed by atoms with Crippen LogP contribution in [0.5, 0.6) is 0 Å². The van der Waals surface area contributed by atoms with E-state index < -0.39 is 35.3 Å². The van der Waals surface area contributed by atoms with E-state index in [4.69, 9.17) is 24.1 Å². The average Bonchev–Trinajstić information content (AvgIpc) is 3.18. The van der Waals surface area contributed by atoms with Crippen molar-refractivity contribution >= 4 is 29.8 Å². The summed E-state index contributed by atoms with van der Waals surface area (Å²) in [6, 6.07) is 33.3. The highest BCUT2D eigenvalue weighted by molar-refractivity contribution is 5.91. The molecule has 0 aromatic heterocycles. The number of hydrogen-bond acceptors (Lipinski definition) is 9. The molecule has 4 aromatic carbocycles. The van der Waals surface area contributed by atoms with E-state index in [0.717, 1.165) is 25.7 Å². The Balaban J connectivity index is 0.000000612. The molecule has 0 radical (unpaired) electrons. The topological polar surface area (TPSA) is 143 Å². The Bertz CT molecular complexity index is 1430. The summed E-state index contributed by atoms with van der Waals surface area (Å²) in [6.07, 6.45) is 3.71. The average molecular weight is 697 g/mol. The second-order valence-electron chi connectivity index (χ2n) is 11.9. The standard InChI is InChI=1S/C33H28O8.C8H16O2/c34-29(25-13-5-1-6-14-25)38-21-33(22-39-30(35)26-15-7-2-8-16-26,23-40-31(36)27-17-9-3-10-18-27)24-41-32(37)28-19-11-4-12-20-28;1-3-5-6-7(4-2)8(9)10/h1-20H,21-24H2;7H,3-6H2,1-2H3,(H,9,10). The van der Waals surface area contributed by atoms with E-state index in [9.17, 15) is 24.0 Å². The fourth-order valence-corrected chi connectivity index (χ4v) is 4.71. The number of aliphatic carboxylic acids is 1. The minimum Gasteiger partial charge on any atom is -0.481 e. The number of carboxylic acids is 1. The van der Waals surface area contributed by atoms with Crippen molar-refractivity contribution in [2.45, 2.75) is 39.5 Å². The number of carbonyl (C=O) groups excluding carboxylic acids is 4. The van der Waals surface area contributed by atoms with Crippen LogP contribution in [0.25, 0.3) is 0 Å². The summed E-state index contributed by atoms with van der Waals surface area (Å²) in [5.74, 6) is -3.33. The maximum Gasteiger partial charge on any atom is 0.338 e. The van der Waals surface area contributed by atoms with Crippen LogP contribution in [0.4, 0.5) is 0 Å². The molecule has 0 saturated heterocycles. The number of ether oxygens (including phenoxy) is 4. The van der Waals surface area contributed by atoms with Crippen LogP contribution in [0.1, 0.15) is 81.0 Å². The van der Waals surface area contributed by atoms with Crippen molar-refractivity contribution in [1.29, 1.82) is 0 Å². The van der Waals surface area contributed by atoms with Crippen LogP contribution in [0.2, 0.25) is 0 Å². The molecule has 0 aliphatic carbocycles. The predicted octanol–water partition coefficient (Wildman–Crippen LogP) is 7.69. The first-order chi connectivity index (χ1) is 24.7. The largest absolute Gasteiger partial charge is 0.481 e. The minimum atomic E-state index is -1.43. The van der Waals surface area contributed by atoms with Crippen molar-refractivity contribution in [2.75, 3.05) is 26.4 Å². The lowest BCUT2D eigenvalue weighted by atomic mass is 9.92. The Morgan fingerprint density at radius 1 is 0.510 bits per heavy atom. The summed E-state index contributed by atoms with van der Waals surface area (Å²) in [5, 5.41) is 8.60. The first-order valence-corrected chi connectivity index (χ1v) is 16.8. The molecule has 1 atom stereocenters. The van der Waals surface area contributed by atoms with E-state index in [1.54, 1.807) is 121 Å². The van der Waals surface area contributed by atoms with Crippen LogP contribution >= 0.6 is 0 Å². The van der Waals surface area contributed by atoms with E-state index in [-0.39, 0.29) is 32.3 Å². The summed E-state index contributed by atoms with van der Waals surface area (Å²) in [7, 11) is 0. The number of hydrogen-bond donors (Lipinski definition) is 1. The van der Waals surface area contributed by atoms with Gasteiger partial charge in [-0.05, 0) is 61.4 Å². The number of esters is 4. The Hall–Kier alpha value is -5.77. The first-order valence-electron chi connectivity index (χ1n) is 16.8. The highest BCUT2D eigenvalue weighted by atomic mass is 16.6. The number of carboxylic acid groups (broad SMARTS) is 1. The van der Waals surface area contributed by atoms with E-state index >= 15 is 0 Å². The Labute approximate surface area is 298 Å². The highest BCUT2D eigenvalue weighted by Gasteiger charge is 2.38. The monoisotopic (exact) mass is 696 g/mol. The molecule has 0 heterocycles. The smallest absolute Gasteiger partial charge is 0.338 e. The van der Waals surface area contributed by atoms with Crippen molar-refractivity contribution < 1.29 is 48.0 Å². The third-order valence-corrected chi connectivity index (χ3v) is 7.82. The zero-order valence-corrected chi connectivity index (χ0v) is 28.9. The molecule has 0 spiro atoms. The van der Waals surface area contributed by atoms with Crippen molar-refractivity contribution in [1.82, 2.24) is 0 Å². The first kappa shape index (κ1) is 39.7. The SMILES string of the molecule is CCCCC(CC)C(=O)O.O=C(OCC(COC(=O)c1ccccc1)(COC(=O)c1ccccc1)COC(=O)c1ccccc1)c1ccccc1. The van der Waals surface area contributed by atoms with Crippen LogP contribution in [0.15, 0.2) is 121 Å². The second kappa shape index (κ2) is 21.3. The zero-order chi connectivity index (χ0) is 36.9. The molecule has 1 N–H and O–H groups in total. The van der Waals surface area contributed by atoms with Crippen LogP contribution in [0, 0.1) is 11.3 Å². The van der Waals surface area contributed by atoms with Gasteiger partial charge in [0.1, 0.15) is 31.8 Å². The van der Waals surface area contributed by atoms with Gasteiger partial charge < -0.3 is 24.1 Å². The van der Waals surface area contributed by atoms with Gasteiger partial charge in [0.2, 0.25) is 0 Å². The van der Waals surface area contributed by atoms with Gasteiger partial charge in [-0.1, -0.05) is 99.5 Å². The van der Waals surface area contributed by atoms with Crippen molar-refractivity contribution in [2.24, 2.45) is 11.3 Å². The Morgan fingerprint density at radius 2 is 0.784 bits per heavy atom. The van der Waals surface area contributed by atoms with Crippen LogP contribution in [0.3, 0.4) is 0 Å². The molecule has 268 valence electrons. The zero-order valence-electron chi connectivity index (χ0n) is 28.9. The molecular formula is C41H44O10. The van der Waals surface area contributed by atoms with Gasteiger partial charge in [0.05, 0.1) is 28.2 Å². The normalized spacial score (nSPS) is 11.2. The molecule has 0 aliphatic heterocycles. The number of carbonyl (C=O) groups is 5. The summed E-state index contributed by atoms with van der Waals surface area (Å²) in [5.41, 5.74) is -0.241. The Kier molecular flexibility index (Phi) is 16.6. The van der Waals surface area contributed by atoms with E-state index in [1.807, 2.05) is 6.92 Å². The number of benzene rings is 4. The lowest BCUT2D eigenvalue weighted by molar-refractivity contribution is -0.142. The van der Waals surface area contributed by atoms with Gasteiger partial charge in [0, 0.05) is 0 Å². The van der Waals surface area contributed by atoms with Crippen LogP contribution in [-0.2, 0) is 23.7 Å². The van der Waals surface area contributed by atoms with Gasteiger partial charge >= 0.3 is 29.8 Å². The highest BCUT2D eigenvalue weighted by Crippen LogP contribution is 2.24. The molecule has 0 fully saturated rings. The molecule has 0 bridgehead atoms. The van der Waals surface area contributed by atoms with E-state index in [1.165, 1.54) is 0 Å². The van der Waals surface area contributed by atoms with Gasteiger partial charge in [0.25, 0.3) is 0 Å². The van der Waals surface area contributed by atoms with E-state index in [2.05, 4.69) is 6.92 Å². The summed E-state index contributed by atoms with van der Waals surface area (Å²) < 4.78 is 22.4. The van der Waals surface area contributed by atoms with Crippen molar-refractivity contribution in [3.05, 3.63) is 144 Å². The lowest BCUT2D eigenvalue weighted by Crippen LogP contribution is -2.44. The second-order valence-corrected chi connectivity index (χ2v) is 11.9. The molecule has 51 heavy (non-hydrogen) atoms. The number of rotatable bonds is 17. The quantitative estimate of drug-likeness (QED) is 0.0862.